The van der Waals surface area contributed by atoms with Crippen LogP contribution in [0.25, 0.3) is 16.8 Å². The van der Waals surface area contributed by atoms with Crippen LogP contribution in [-0.4, -0.2) is 22.7 Å². The van der Waals surface area contributed by atoms with Crippen molar-refractivity contribution in [2.45, 2.75) is 6.42 Å². The van der Waals surface area contributed by atoms with E-state index >= 15 is 0 Å². The second kappa shape index (κ2) is 6.68. The van der Waals surface area contributed by atoms with Crippen LogP contribution in [0.4, 0.5) is 5.82 Å². The Balaban J connectivity index is 1.41. The average molecular weight is 357 g/mol. The molecule has 1 N–H and O–H groups in total. The highest BCUT2D eigenvalue weighted by Crippen LogP contribution is 2.36. The van der Waals surface area contributed by atoms with Crippen molar-refractivity contribution in [2.24, 2.45) is 0 Å². The van der Waals surface area contributed by atoms with Gasteiger partial charge < -0.3 is 19.2 Å². The Morgan fingerprint density at radius 3 is 2.78 bits per heavy atom. The Bertz CT molecular complexity index is 1090. The van der Waals surface area contributed by atoms with Crippen LogP contribution in [0.3, 0.4) is 0 Å². The second-order valence-electron chi connectivity index (χ2n) is 6.48. The molecule has 1 aliphatic rings. The van der Waals surface area contributed by atoms with Gasteiger partial charge in [-0.1, -0.05) is 30.3 Å². The van der Waals surface area contributed by atoms with Gasteiger partial charge in [0, 0.05) is 24.5 Å². The number of fused-ring (bicyclic) bond motifs is 2. The molecular weight excluding hydrogens is 338 g/mol. The maximum atomic E-state index is 5.51. The minimum absolute atomic E-state index is 0.285. The summed E-state index contributed by atoms with van der Waals surface area (Å²) in [5.41, 5.74) is 4.55. The van der Waals surface area contributed by atoms with E-state index < -0.39 is 0 Å². The summed E-state index contributed by atoms with van der Waals surface area (Å²) >= 11 is 0. The fourth-order valence-corrected chi connectivity index (χ4v) is 3.44. The zero-order valence-corrected chi connectivity index (χ0v) is 14.8. The van der Waals surface area contributed by atoms with Gasteiger partial charge in [0.1, 0.15) is 5.82 Å². The molecule has 2 aromatic carbocycles. The number of ether oxygens (including phenoxy) is 2. The third-order valence-electron chi connectivity index (χ3n) is 4.80. The van der Waals surface area contributed by atoms with Crippen molar-refractivity contribution in [2.75, 3.05) is 18.7 Å². The van der Waals surface area contributed by atoms with Crippen LogP contribution in [0.1, 0.15) is 5.56 Å². The van der Waals surface area contributed by atoms with Crippen LogP contribution >= 0.6 is 0 Å². The van der Waals surface area contributed by atoms with Gasteiger partial charge in [-0.15, -0.1) is 0 Å². The van der Waals surface area contributed by atoms with Crippen molar-refractivity contribution in [3.63, 3.8) is 0 Å². The van der Waals surface area contributed by atoms with E-state index in [-0.39, 0.29) is 6.79 Å². The van der Waals surface area contributed by atoms with E-state index in [1.807, 2.05) is 30.6 Å². The summed E-state index contributed by atoms with van der Waals surface area (Å²) < 4.78 is 13.1. The number of rotatable bonds is 5. The van der Waals surface area contributed by atoms with Gasteiger partial charge in [0.2, 0.25) is 6.79 Å². The first-order chi connectivity index (χ1) is 13.4. The molecule has 0 radical (unpaired) electrons. The average Bonchev–Trinajstić information content (AvgIpc) is 3.35. The van der Waals surface area contributed by atoms with Crippen molar-refractivity contribution < 1.29 is 9.47 Å². The first-order valence-electron chi connectivity index (χ1n) is 9.02. The van der Waals surface area contributed by atoms with Crippen molar-refractivity contribution in [3.05, 3.63) is 78.6 Å². The quantitative estimate of drug-likeness (QED) is 0.576. The molecule has 1 aliphatic heterocycles. The number of hydrogen-bond acceptors (Lipinski definition) is 4. The van der Waals surface area contributed by atoms with E-state index in [1.54, 1.807) is 0 Å². The van der Waals surface area contributed by atoms with Crippen molar-refractivity contribution in [1.29, 1.82) is 0 Å². The molecule has 4 aromatic rings. The standard InChI is InChI=1S/C22H19N3O2/c1-2-4-16(5-3-1)10-11-23-22-19-8-7-18(25(19)13-12-24-22)17-6-9-20-21(14-17)27-15-26-20/h1-9,12-14H,10-11,15H2,(H,23,24). The number of anilines is 1. The van der Waals surface area contributed by atoms with Gasteiger partial charge in [0.05, 0.1) is 11.2 Å². The maximum absolute atomic E-state index is 5.51. The summed E-state index contributed by atoms with van der Waals surface area (Å²) in [7, 11) is 0. The molecule has 0 atom stereocenters. The molecule has 3 heterocycles. The first-order valence-corrected chi connectivity index (χ1v) is 9.02. The smallest absolute Gasteiger partial charge is 0.231 e. The normalized spacial score (nSPS) is 12.4. The number of nitrogens with one attached hydrogen (secondary N) is 1. The number of benzene rings is 2. The van der Waals surface area contributed by atoms with Crippen LogP contribution in [-0.2, 0) is 6.42 Å². The lowest BCUT2D eigenvalue weighted by molar-refractivity contribution is 0.174. The molecule has 0 saturated carbocycles. The maximum Gasteiger partial charge on any atom is 0.231 e. The Morgan fingerprint density at radius 1 is 0.963 bits per heavy atom. The molecule has 0 unspecified atom stereocenters. The molecule has 0 amide bonds. The minimum Gasteiger partial charge on any atom is -0.454 e. The van der Waals surface area contributed by atoms with Crippen molar-refractivity contribution in [1.82, 2.24) is 9.38 Å². The van der Waals surface area contributed by atoms with E-state index in [0.29, 0.717) is 0 Å². The van der Waals surface area contributed by atoms with Crippen LogP contribution in [0.5, 0.6) is 11.5 Å². The summed E-state index contributed by atoms with van der Waals surface area (Å²) in [6, 6.07) is 20.7. The van der Waals surface area contributed by atoms with Gasteiger partial charge in [0.15, 0.2) is 11.5 Å². The number of hydrogen-bond donors (Lipinski definition) is 1. The molecule has 0 bridgehead atoms. The summed E-state index contributed by atoms with van der Waals surface area (Å²) in [6.45, 7) is 1.12. The molecule has 5 heteroatoms. The predicted molar refractivity (Wildman–Crippen MR) is 105 cm³/mol. The van der Waals surface area contributed by atoms with E-state index in [4.69, 9.17) is 9.47 Å². The highest BCUT2D eigenvalue weighted by molar-refractivity contribution is 5.76. The predicted octanol–water partition coefficient (Wildman–Crippen LogP) is 4.38. The fourth-order valence-electron chi connectivity index (χ4n) is 3.44. The van der Waals surface area contributed by atoms with Crippen LogP contribution in [0, 0.1) is 0 Å². The second-order valence-corrected chi connectivity index (χ2v) is 6.48. The first kappa shape index (κ1) is 15.8. The van der Waals surface area contributed by atoms with Gasteiger partial charge in [0.25, 0.3) is 0 Å². The Hall–Kier alpha value is -3.47. The Morgan fingerprint density at radius 2 is 1.85 bits per heavy atom. The largest absolute Gasteiger partial charge is 0.454 e. The summed E-state index contributed by atoms with van der Waals surface area (Å²) in [5, 5.41) is 3.47. The highest BCUT2D eigenvalue weighted by Gasteiger charge is 2.15. The van der Waals surface area contributed by atoms with Gasteiger partial charge >= 0.3 is 0 Å². The van der Waals surface area contributed by atoms with Gasteiger partial charge in [-0.05, 0) is 42.3 Å². The molecule has 27 heavy (non-hydrogen) atoms. The van der Waals surface area contributed by atoms with Gasteiger partial charge in [-0.2, -0.15) is 0 Å². The minimum atomic E-state index is 0.285. The molecule has 2 aromatic heterocycles. The summed E-state index contributed by atoms with van der Waals surface area (Å²) in [5.74, 6) is 2.47. The lowest BCUT2D eigenvalue weighted by Gasteiger charge is -2.09. The lowest BCUT2D eigenvalue weighted by Crippen LogP contribution is -2.07. The van der Waals surface area contributed by atoms with E-state index in [2.05, 4.69) is 57.2 Å². The van der Waals surface area contributed by atoms with Gasteiger partial charge in [-0.3, -0.25) is 0 Å². The Labute approximate surface area is 157 Å². The number of nitrogens with zero attached hydrogens (tertiary/aromatic N) is 2. The summed E-state index contributed by atoms with van der Waals surface area (Å²) in [4.78, 5) is 4.53. The third-order valence-corrected chi connectivity index (χ3v) is 4.80. The SMILES string of the molecule is c1ccc(CCNc2nccn3c(-c4ccc5c(c4)OCO5)ccc23)cc1. The molecule has 0 aliphatic carbocycles. The summed E-state index contributed by atoms with van der Waals surface area (Å²) in [6.07, 6.45) is 4.77. The molecule has 0 spiro atoms. The molecule has 134 valence electrons. The molecular formula is C22H19N3O2. The highest BCUT2D eigenvalue weighted by atomic mass is 16.7. The molecule has 0 saturated heterocycles. The number of aromatic nitrogens is 2. The van der Waals surface area contributed by atoms with Crippen molar-refractivity contribution >= 4 is 11.3 Å². The Kier molecular flexibility index (Phi) is 3.90. The van der Waals surface area contributed by atoms with Crippen LogP contribution in [0.2, 0.25) is 0 Å². The lowest BCUT2D eigenvalue weighted by atomic mass is 10.1. The molecule has 0 fully saturated rings. The van der Waals surface area contributed by atoms with Crippen molar-refractivity contribution in [3.8, 4) is 22.8 Å². The van der Waals surface area contributed by atoms with Crippen LogP contribution < -0.4 is 14.8 Å². The van der Waals surface area contributed by atoms with E-state index in [1.165, 1.54) is 5.56 Å². The van der Waals surface area contributed by atoms with Crippen LogP contribution in [0.15, 0.2) is 73.1 Å². The van der Waals surface area contributed by atoms with E-state index in [9.17, 15) is 0 Å². The zero-order chi connectivity index (χ0) is 18.1. The van der Waals surface area contributed by atoms with E-state index in [0.717, 1.165) is 47.1 Å². The zero-order valence-electron chi connectivity index (χ0n) is 14.8. The monoisotopic (exact) mass is 357 g/mol. The van der Waals surface area contributed by atoms with Gasteiger partial charge in [-0.25, -0.2) is 4.98 Å². The topological polar surface area (TPSA) is 47.8 Å². The molecule has 5 rings (SSSR count). The molecule has 5 nitrogen and oxygen atoms in total. The third kappa shape index (κ3) is 2.97. The fraction of sp³-hybridized carbons (Fsp3) is 0.136.